The highest BCUT2D eigenvalue weighted by Gasteiger charge is 2.18. The lowest BCUT2D eigenvalue weighted by Crippen LogP contribution is -2.04. The van der Waals surface area contributed by atoms with E-state index < -0.39 is 15.7 Å². The van der Waals surface area contributed by atoms with Gasteiger partial charge in [0.15, 0.2) is 5.75 Å². The van der Waals surface area contributed by atoms with Gasteiger partial charge in [-0.05, 0) is 44.0 Å². The molecular formula is C7H3Br2ClF2O3S. The third kappa shape index (κ3) is 3.54. The monoisotopic (exact) mass is 398 g/mol. The molecule has 1 rings (SSSR count). The van der Waals surface area contributed by atoms with Crippen molar-refractivity contribution in [3.63, 3.8) is 0 Å². The van der Waals surface area contributed by atoms with Crippen molar-refractivity contribution in [1.29, 1.82) is 0 Å². The molecule has 0 aliphatic carbocycles. The van der Waals surface area contributed by atoms with E-state index in [1.54, 1.807) is 0 Å². The molecule has 0 N–H and O–H groups in total. The molecule has 0 saturated carbocycles. The highest BCUT2D eigenvalue weighted by Crippen LogP contribution is 2.37. The molecule has 0 atom stereocenters. The second-order valence-corrected chi connectivity index (χ2v) is 6.81. The van der Waals surface area contributed by atoms with Crippen LogP contribution in [0, 0.1) is 0 Å². The fourth-order valence-corrected chi connectivity index (χ4v) is 3.34. The van der Waals surface area contributed by atoms with Crippen LogP contribution in [0.4, 0.5) is 8.78 Å². The number of hydrogen-bond donors (Lipinski definition) is 0. The Bertz CT molecular complexity index is 483. The third-order valence-corrected chi connectivity index (χ3v) is 3.97. The van der Waals surface area contributed by atoms with Crippen LogP contribution in [0.2, 0.25) is 0 Å². The number of hydrogen-bond acceptors (Lipinski definition) is 3. The van der Waals surface area contributed by atoms with Crippen LogP contribution in [0.25, 0.3) is 0 Å². The SMILES string of the molecule is O=S(=O)(Cl)c1cc(Br)c(OC(F)F)c(Br)c1. The maximum atomic E-state index is 12.0. The summed E-state index contributed by atoms with van der Waals surface area (Å²) >= 11 is 5.81. The molecule has 3 nitrogen and oxygen atoms in total. The Kier molecular flexibility index (Phi) is 4.56. The third-order valence-electron chi connectivity index (χ3n) is 1.46. The van der Waals surface area contributed by atoms with E-state index in [1.807, 2.05) is 0 Å². The number of ether oxygens (including phenoxy) is 1. The van der Waals surface area contributed by atoms with Gasteiger partial charge in [0, 0.05) is 10.7 Å². The lowest BCUT2D eigenvalue weighted by atomic mass is 10.3. The average molecular weight is 400 g/mol. The van der Waals surface area contributed by atoms with Crippen LogP contribution < -0.4 is 4.74 Å². The Morgan fingerprint density at radius 1 is 1.25 bits per heavy atom. The van der Waals surface area contributed by atoms with Crippen molar-refractivity contribution < 1.29 is 21.9 Å². The molecule has 0 saturated heterocycles. The van der Waals surface area contributed by atoms with E-state index in [0.29, 0.717) is 0 Å². The fraction of sp³-hybridized carbons (Fsp3) is 0.143. The van der Waals surface area contributed by atoms with Gasteiger partial charge in [0.25, 0.3) is 9.05 Å². The maximum Gasteiger partial charge on any atom is 0.387 e. The van der Waals surface area contributed by atoms with Gasteiger partial charge in [-0.15, -0.1) is 0 Å². The summed E-state index contributed by atoms with van der Waals surface area (Å²) in [5, 5.41) is 0. The van der Waals surface area contributed by atoms with Gasteiger partial charge in [0.05, 0.1) is 13.8 Å². The van der Waals surface area contributed by atoms with Gasteiger partial charge in [0.2, 0.25) is 0 Å². The number of halogens is 5. The summed E-state index contributed by atoms with van der Waals surface area (Å²) in [6.07, 6.45) is 0. The molecule has 0 unspecified atom stereocenters. The zero-order valence-electron chi connectivity index (χ0n) is 7.25. The topological polar surface area (TPSA) is 43.4 Å². The van der Waals surface area contributed by atoms with E-state index in [4.69, 9.17) is 10.7 Å². The molecule has 0 aliphatic rings. The molecule has 0 aromatic heterocycles. The molecule has 1 aromatic rings. The maximum absolute atomic E-state index is 12.0. The van der Waals surface area contributed by atoms with Crippen LogP contribution in [-0.2, 0) is 9.05 Å². The standard InChI is InChI=1S/C7H3Br2ClF2O3S/c8-4-1-3(16(10,13)14)2-5(9)6(4)15-7(11)12/h1-2,7H. The van der Waals surface area contributed by atoms with Crippen molar-refractivity contribution in [2.75, 3.05) is 0 Å². The van der Waals surface area contributed by atoms with Gasteiger partial charge in [0.1, 0.15) is 0 Å². The summed E-state index contributed by atoms with van der Waals surface area (Å²) in [5.41, 5.74) is 0. The predicted octanol–water partition coefficient (Wildman–Crippen LogP) is 3.74. The smallest absolute Gasteiger partial charge is 0.387 e. The first kappa shape index (κ1) is 14.1. The minimum atomic E-state index is -3.92. The van der Waals surface area contributed by atoms with E-state index >= 15 is 0 Å². The Morgan fingerprint density at radius 3 is 2.00 bits per heavy atom. The number of rotatable bonds is 3. The van der Waals surface area contributed by atoms with Gasteiger partial charge in [-0.2, -0.15) is 8.78 Å². The predicted molar refractivity (Wildman–Crippen MR) is 61.5 cm³/mol. The molecule has 90 valence electrons. The molecule has 0 heterocycles. The van der Waals surface area contributed by atoms with Crippen molar-refractivity contribution in [2.45, 2.75) is 11.5 Å². The van der Waals surface area contributed by atoms with Gasteiger partial charge in [-0.25, -0.2) is 8.42 Å². The summed E-state index contributed by atoms with van der Waals surface area (Å²) in [5.74, 6) is -0.195. The molecule has 0 spiro atoms. The lowest BCUT2D eigenvalue weighted by Gasteiger charge is -2.10. The largest absolute Gasteiger partial charge is 0.432 e. The van der Waals surface area contributed by atoms with Gasteiger partial charge < -0.3 is 4.74 Å². The first-order valence-electron chi connectivity index (χ1n) is 3.60. The van der Waals surface area contributed by atoms with E-state index in [-0.39, 0.29) is 19.6 Å². The first-order chi connectivity index (χ1) is 7.21. The van der Waals surface area contributed by atoms with E-state index in [0.717, 1.165) is 12.1 Å². The van der Waals surface area contributed by atoms with E-state index in [1.165, 1.54) is 0 Å². The Balaban J connectivity index is 3.28. The fourth-order valence-electron chi connectivity index (χ4n) is 0.879. The zero-order valence-corrected chi connectivity index (χ0v) is 12.0. The van der Waals surface area contributed by atoms with Crippen molar-refractivity contribution in [1.82, 2.24) is 0 Å². The second kappa shape index (κ2) is 5.16. The quantitative estimate of drug-likeness (QED) is 0.726. The highest BCUT2D eigenvalue weighted by molar-refractivity contribution is 9.11. The van der Waals surface area contributed by atoms with Crippen LogP contribution in [0.15, 0.2) is 26.0 Å². The average Bonchev–Trinajstić information content (AvgIpc) is 2.09. The minimum absolute atomic E-state index is 0.0569. The molecule has 0 fully saturated rings. The van der Waals surface area contributed by atoms with Crippen LogP contribution in [-0.4, -0.2) is 15.0 Å². The molecule has 0 bridgehead atoms. The summed E-state index contributed by atoms with van der Waals surface area (Å²) in [6.45, 7) is -3.01. The van der Waals surface area contributed by atoms with E-state index in [2.05, 4.69) is 36.6 Å². The van der Waals surface area contributed by atoms with Crippen LogP contribution in [0.3, 0.4) is 0 Å². The molecular weight excluding hydrogens is 397 g/mol. The summed E-state index contributed by atoms with van der Waals surface area (Å²) in [6, 6.07) is 2.15. The van der Waals surface area contributed by atoms with Crippen molar-refractivity contribution in [3.8, 4) is 5.75 Å². The lowest BCUT2D eigenvalue weighted by molar-refractivity contribution is -0.0509. The van der Waals surface area contributed by atoms with Crippen LogP contribution in [0.5, 0.6) is 5.75 Å². The Hall–Kier alpha value is 0.0800. The molecule has 1 aromatic carbocycles. The van der Waals surface area contributed by atoms with Crippen molar-refractivity contribution in [2.24, 2.45) is 0 Å². The molecule has 0 aliphatic heterocycles. The van der Waals surface area contributed by atoms with Gasteiger partial charge >= 0.3 is 6.61 Å². The highest BCUT2D eigenvalue weighted by atomic mass is 79.9. The Labute approximate surface area is 111 Å². The molecule has 9 heteroatoms. The number of benzene rings is 1. The summed E-state index contributed by atoms with van der Waals surface area (Å²) < 4.78 is 50.3. The second-order valence-electron chi connectivity index (χ2n) is 2.53. The number of alkyl halides is 2. The normalized spacial score (nSPS) is 11.9. The van der Waals surface area contributed by atoms with Gasteiger partial charge in [-0.1, -0.05) is 0 Å². The molecule has 0 amide bonds. The van der Waals surface area contributed by atoms with Gasteiger partial charge in [-0.3, -0.25) is 0 Å². The van der Waals surface area contributed by atoms with Crippen molar-refractivity contribution in [3.05, 3.63) is 21.1 Å². The molecule has 16 heavy (non-hydrogen) atoms. The summed E-state index contributed by atoms with van der Waals surface area (Å²) in [4.78, 5) is -0.227. The van der Waals surface area contributed by atoms with Crippen molar-refractivity contribution >= 4 is 51.6 Å². The minimum Gasteiger partial charge on any atom is -0.432 e. The first-order valence-corrected chi connectivity index (χ1v) is 7.50. The zero-order chi connectivity index (χ0) is 12.5. The van der Waals surface area contributed by atoms with Crippen LogP contribution >= 0.6 is 42.5 Å². The summed E-state index contributed by atoms with van der Waals surface area (Å²) in [7, 11) is 1.18. The molecule has 0 radical (unpaired) electrons. The Morgan fingerprint density at radius 2 is 1.69 bits per heavy atom. The van der Waals surface area contributed by atoms with Crippen LogP contribution in [0.1, 0.15) is 0 Å². The van der Waals surface area contributed by atoms with E-state index in [9.17, 15) is 17.2 Å².